The van der Waals surface area contributed by atoms with Crippen LogP contribution in [0.4, 0.5) is 0 Å². The second-order valence-corrected chi connectivity index (χ2v) is 34.5. The van der Waals surface area contributed by atoms with Gasteiger partial charge in [-0.25, -0.2) is 0 Å². The maximum atomic E-state index is 11.5. The van der Waals surface area contributed by atoms with Crippen LogP contribution >= 0.6 is 0 Å². The fourth-order valence-electron chi connectivity index (χ4n) is 21.6. The lowest BCUT2D eigenvalue weighted by atomic mass is 9.79. The molecule has 23 atom stereocenters. The molecule has 23 unspecified atom stereocenters. The summed E-state index contributed by atoms with van der Waals surface area (Å²) in [4.78, 5) is 45.7. The molecule has 0 amide bonds. The molecule has 4 N–H and O–H groups in total. The third-order valence-corrected chi connectivity index (χ3v) is 27.7. The summed E-state index contributed by atoms with van der Waals surface area (Å²) in [6, 6.07) is 0. The van der Waals surface area contributed by atoms with E-state index in [9.17, 15) is 39.6 Å². The normalized spacial score (nSPS) is 33.1. The molecule has 0 saturated heterocycles. The Morgan fingerprint density at radius 3 is 0.943 bits per heavy atom. The highest BCUT2D eigenvalue weighted by molar-refractivity contribution is 5.68. The Kier molecular flexibility index (Phi) is 31.9. The van der Waals surface area contributed by atoms with Crippen molar-refractivity contribution in [2.24, 2.45) is 136 Å². The van der Waals surface area contributed by atoms with E-state index in [1.54, 1.807) is 0 Å². The van der Waals surface area contributed by atoms with E-state index in [1.807, 2.05) is 0 Å². The smallest absolute Gasteiger partial charge is 0.303 e. The van der Waals surface area contributed by atoms with Crippen LogP contribution < -0.4 is 0 Å². The largest absolute Gasteiger partial charge is 0.481 e. The Labute approximate surface area is 540 Å². The Morgan fingerprint density at radius 2 is 0.580 bits per heavy atom. The molecule has 0 aromatic heterocycles. The van der Waals surface area contributed by atoms with Crippen LogP contribution in [0.3, 0.4) is 0 Å². The first-order valence-electron chi connectivity index (χ1n) is 39.1. The van der Waals surface area contributed by atoms with Gasteiger partial charge in [-0.15, -0.1) is 0 Å². The number of aliphatic carboxylic acids is 4. The van der Waals surface area contributed by atoms with Crippen LogP contribution in [0.15, 0.2) is 0 Å². The number of carboxylic acids is 4. The minimum absolute atomic E-state index is 0.289. The Hall–Kier alpha value is -2.12. The molecule has 8 heteroatoms. The molecule has 7 rings (SSSR count). The van der Waals surface area contributed by atoms with Crippen molar-refractivity contribution in [3.63, 3.8) is 0 Å². The third-order valence-electron chi connectivity index (χ3n) is 27.7. The van der Waals surface area contributed by atoms with E-state index in [-0.39, 0.29) is 5.92 Å². The van der Waals surface area contributed by atoms with E-state index in [1.165, 1.54) is 225 Å². The van der Waals surface area contributed by atoms with Gasteiger partial charge in [0.2, 0.25) is 0 Å². The van der Waals surface area contributed by atoms with Crippen molar-refractivity contribution >= 4 is 23.9 Å². The molecule has 0 radical (unpaired) electrons. The molecular formula is C80H140O8. The highest BCUT2D eigenvalue weighted by atomic mass is 16.4. The Morgan fingerprint density at radius 1 is 0.284 bits per heavy atom. The fraction of sp³-hybridized carbons (Fsp3) is 0.950. The average Bonchev–Trinajstić information content (AvgIpc) is 3.80. The Bertz CT molecular complexity index is 2000. The van der Waals surface area contributed by atoms with Gasteiger partial charge in [-0.05, 0) is 265 Å². The van der Waals surface area contributed by atoms with Gasteiger partial charge in [0.05, 0.1) is 0 Å². The van der Waals surface area contributed by atoms with Gasteiger partial charge in [0.15, 0.2) is 0 Å². The molecule has 0 aromatic carbocycles. The van der Waals surface area contributed by atoms with E-state index >= 15 is 0 Å². The zero-order chi connectivity index (χ0) is 63.1. The van der Waals surface area contributed by atoms with Crippen LogP contribution in [0.2, 0.25) is 0 Å². The maximum absolute atomic E-state index is 11.5. The van der Waals surface area contributed by atoms with Crippen LogP contribution in [0, 0.1) is 136 Å². The first-order valence-corrected chi connectivity index (χ1v) is 39.1. The maximum Gasteiger partial charge on any atom is 0.303 e. The van der Waals surface area contributed by atoms with Crippen molar-refractivity contribution in [1.82, 2.24) is 0 Å². The van der Waals surface area contributed by atoms with Gasteiger partial charge in [0.1, 0.15) is 0 Å². The first kappa shape index (κ1) is 73.3. The average molecular weight is 1230 g/mol. The molecule has 88 heavy (non-hydrogen) atoms. The SMILES string of the molecule is CC(CCCC(C)C1CCC(CCCC(C)CC(=O)O)C1)CCC(CCCC(C)C1CCC(C2CCC(CC(=O)O)C2)C1)CCC(CCCC(C)C1CCC(C2CCC(CC(=O)O)C2)C1)CCC(C)CCCC(C)C1CCC(C2CCC(CC(=O)O)C2)C1. The van der Waals surface area contributed by atoms with Gasteiger partial charge in [-0.3, -0.25) is 19.2 Å². The molecule has 7 saturated carbocycles. The minimum atomic E-state index is -0.656. The molecule has 7 aliphatic rings. The van der Waals surface area contributed by atoms with E-state index < -0.39 is 23.9 Å². The molecule has 508 valence electrons. The van der Waals surface area contributed by atoms with Gasteiger partial charge in [-0.2, -0.15) is 0 Å². The lowest BCUT2D eigenvalue weighted by Crippen LogP contribution is -2.14. The monoisotopic (exact) mass is 1230 g/mol. The highest BCUT2D eigenvalue weighted by Crippen LogP contribution is 2.51. The quantitative estimate of drug-likeness (QED) is 0.0471. The summed E-state index contributed by atoms with van der Waals surface area (Å²) < 4.78 is 0. The van der Waals surface area contributed by atoms with Crippen molar-refractivity contribution in [3.05, 3.63) is 0 Å². The molecule has 0 bridgehead atoms. The van der Waals surface area contributed by atoms with Crippen molar-refractivity contribution in [2.75, 3.05) is 0 Å². The fourth-order valence-corrected chi connectivity index (χ4v) is 21.6. The van der Waals surface area contributed by atoms with Crippen LogP contribution in [-0.4, -0.2) is 44.3 Å². The number of hydrogen-bond acceptors (Lipinski definition) is 4. The summed E-state index contributed by atoms with van der Waals surface area (Å²) in [6.45, 7) is 17.5. The van der Waals surface area contributed by atoms with Crippen molar-refractivity contribution < 1.29 is 39.6 Å². The molecule has 0 aromatic rings. The van der Waals surface area contributed by atoms with E-state index in [4.69, 9.17) is 0 Å². The summed E-state index contributed by atoms with van der Waals surface area (Å²) in [5.74, 6) is 14.5. The summed E-state index contributed by atoms with van der Waals surface area (Å²) >= 11 is 0. The number of carboxylic acid groups (broad SMARTS) is 4. The van der Waals surface area contributed by atoms with Crippen molar-refractivity contribution in [3.8, 4) is 0 Å². The zero-order valence-corrected chi connectivity index (χ0v) is 58.2. The minimum Gasteiger partial charge on any atom is -0.481 e. The zero-order valence-electron chi connectivity index (χ0n) is 58.2. The summed E-state index contributed by atoms with van der Waals surface area (Å²) in [5, 5.41) is 37.6. The van der Waals surface area contributed by atoms with E-state index in [0.717, 1.165) is 157 Å². The molecular weight excluding hydrogens is 1090 g/mol. The van der Waals surface area contributed by atoms with Crippen LogP contribution in [-0.2, 0) is 19.2 Å². The van der Waals surface area contributed by atoms with E-state index in [2.05, 4.69) is 48.5 Å². The Balaban J connectivity index is 0.902. The van der Waals surface area contributed by atoms with Crippen LogP contribution in [0.1, 0.15) is 344 Å². The molecule has 7 aliphatic carbocycles. The van der Waals surface area contributed by atoms with Gasteiger partial charge < -0.3 is 20.4 Å². The molecule has 0 spiro atoms. The summed E-state index contributed by atoms with van der Waals surface area (Å²) in [6.07, 6.45) is 57.0. The molecule has 8 nitrogen and oxygen atoms in total. The topological polar surface area (TPSA) is 149 Å². The molecule has 0 heterocycles. The first-order chi connectivity index (χ1) is 42.2. The lowest BCUT2D eigenvalue weighted by molar-refractivity contribution is -0.139. The number of carbonyl (C=O) groups is 4. The van der Waals surface area contributed by atoms with Gasteiger partial charge in [0.25, 0.3) is 0 Å². The second kappa shape index (κ2) is 38.3. The molecule has 0 aliphatic heterocycles. The van der Waals surface area contributed by atoms with Crippen molar-refractivity contribution in [1.29, 1.82) is 0 Å². The predicted octanol–water partition coefficient (Wildman–Crippen LogP) is 22.7. The number of hydrogen-bond donors (Lipinski definition) is 4. The van der Waals surface area contributed by atoms with Crippen molar-refractivity contribution in [2.45, 2.75) is 344 Å². The third kappa shape index (κ3) is 25.6. The highest BCUT2D eigenvalue weighted by Gasteiger charge is 2.41. The lowest BCUT2D eigenvalue weighted by Gasteiger charge is -2.26. The number of rotatable bonds is 44. The van der Waals surface area contributed by atoms with Crippen LogP contribution in [0.5, 0.6) is 0 Å². The summed E-state index contributed by atoms with van der Waals surface area (Å²) in [7, 11) is 0. The van der Waals surface area contributed by atoms with Crippen LogP contribution in [0.25, 0.3) is 0 Å². The standard InChI is InChI=1S/C80H140O8/c1-54(13-8-16-57(4)67-33-29-63(44-67)22-10-15-56(3)43-77(81)82)23-25-61(20-11-18-59(6)69-38-41-75(52-69)72-35-31-65(46-72)49-79(85)86)27-28-62(21-12-19-60(7)70-39-42-76(53-70)73-36-32-66(47-73)50-80(87)88)26-24-55(2)14-9-17-58(5)68-37-40-74(51-68)71-34-30-64(45-71)48-78(83)84/h54-76H,8-53H2,1-7H3,(H,81,82)(H,83,84)(H,85,86)(H,87,88). The predicted molar refractivity (Wildman–Crippen MR) is 363 cm³/mol. The second-order valence-electron chi connectivity index (χ2n) is 34.5. The van der Waals surface area contributed by atoms with Gasteiger partial charge in [-0.1, -0.05) is 190 Å². The van der Waals surface area contributed by atoms with Gasteiger partial charge >= 0.3 is 23.9 Å². The van der Waals surface area contributed by atoms with Gasteiger partial charge in [0, 0.05) is 25.7 Å². The molecule has 7 fully saturated rings. The van der Waals surface area contributed by atoms with E-state index in [0.29, 0.717) is 43.4 Å². The summed E-state index contributed by atoms with van der Waals surface area (Å²) in [5.41, 5.74) is 0.